The monoisotopic (exact) mass is 410 g/mol. The van der Waals surface area contributed by atoms with E-state index in [9.17, 15) is 0 Å². The normalized spacial score (nSPS) is 16.9. The molecule has 0 aliphatic carbocycles. The summed E-state index contributed by atoms with van der Waals surface area (Å²) in [5, 5.41) is 2.19. The predicted molar refractivity (Wildman–Crippen MR) is 115 cm³/mol. The average Bonchev–Trinajstić information content (AvgIpc) is 3.36. The first-order valence-electron chi connectivity index (χ1n) is 9.39. The second-order valence-corrected chi connectivity index (χ2v) is 8.92. The first-order valence-corrected chi connectivity index (χ1v) is 11.0. The molecule has 8 heteroatoms. The second-order valence-electron chi connectivity index (χ2n) is 6.90. The molecule has 4 heterocycles. The molecule has 4 aromatic rings. The molecular weight excluding hydrogens is 392 g/mol. The van der Waals surface area contributed by atoms with E-state index in [0.717, 1.165) is 63.7 Å². The van der Waals surface area contributed by atoms with Crippen LogP contribution in [-0.4, -0.2) is 49.4 Å². The molecule has 0 N–H and O–H groups in total. The molecule has 0 bridgehead atoms. The third kappa shape index (κ3) is 2.75. The molecule has 6 nitrogen and oxygen atoms in total. The van der Waals surface area contributed by atoms with Gasteiger partial charge in [-0.15, -0.1) is 0 Å². The molecule has 0 saturated carbocycles. The Kier molecular flexibility index (Phi) is 3.80. The van der Waals surface area contributed by atoms with Gasteiger partial charge in [0.1, 0.15) is 13.2 Å². The summed E-state index contributed by atoms with van der Waals surface area (Å²) in [6.07, 6.45) is 0. The summed E-state index contributed by atoms with van der Waals surface area (Å²) in [6.45, 7) is 5.02. The van der Waals surface area contributed by atoms with Crippen molar-refractivity contribution < 1.29 is 9.47 Å². The lowest BCUT2D eigenvalue weighted by atomic mass is 10.3. The van der Waals surface area contributed by atoms with Crippen molar-refractivity contribution in [2.24, 2.45) is 0 Å². The Morgan fingerprint density at radius 1 is 0.714 bits per heavy atom. The van der Waals surface area contributed by atoms with E-state index in [-0.39, 0.29) is 0 Å². The fraction of sp³-hybridized carbons (Fsp3) is 0.300. The van der Waals surface area contributed by atoms with Gasteiger partial charge in [-0.2, -0.15) is 0 Å². The maximum atomic E-state index is 5.70. The van der Waals surface area contributed by atoms with Crippen molar-refractivity contribution in [1.29, 1.82) is 0 Å². The number of anilines is 2. The number of ether oxygens (including phenoxy) is 2. The van der Waals surface area contributed by atoms with Crippen molar-refractivity contribution in [2.45, 2.75) is 0 Å². The van der Waals surface area contributed by atoms with Crippen molar-refractivity contribution >= 4 is 53.4 Å². The standard InChI is InChI=1S/C20H18N4O2S2/c1-2-4-17-13(3-1)21-19(27-17)23-5-7-24(8-6-23)20-22-14-11-15-16(12-18(14)28-20)26-10-9-25-15/h1-4,11-12H,5-10H2. The summed E-state index contributed by atoms with van der Waals surface area (Å²) in [5.74, 6) is 1.63. The number of rotatable bonds is 2. The van der Waals surface area contributed by atoms with Crippen LogP contribution in [0.1, 0.15) is 0 Å². The third-order valence-electron chi connectivity index (χ3n) is 5.14. The molecule has 1 saturated heterocycles. The molecule has 0 atom stereocenters. The zero-order chi connectivity index (χ0) is 18.5. The number of nitrogens with zero attached hydrogens (tertiary/aromatic N) is 4. The largest absolute Gasteiger partial charge is 0.486 e. The van der Waals surface area contributed by atoms with E-state index >= 15 is 0 Å². The van der Waals surface area contributed by atoms with Crippen LogP contribution in [0.2, 0.25) is 0 Å². The van der Waals surface area contributed by atoms with Crippen molar-refractivity contribution in [2.75, 3.05) is 49.2 Å². The lowest BCUT2D eigenvalue weighted by molar-refractivity contribution is 0.172. The van der Waals surface area contributed by atoms with Crippen molar-refractivity contribution in [1.82, 2.24) is 9.97 Å². The summed E-state index contributed by atoms with van der Waals surface area (Å²) in [5.41, 5.74) is 2.07. The summed E-state index contributed by atoms with van der Waals surface area (Å²) >= 11 is 3.50. The van der Waals surface area contributed by atoms with Crippen LogP contribution in [0.15, 0.2) is 36.4 Å². The maximum Gasteiger partial charge on any atom is 0.186 e. The van der Waals surface area contributed by atoms with E-state index in [2.05, 4.69) is 34.1 Å². The number of fused-ring (bicyclic) bond motifs is 3. The number of hydrogen-bond donors (Lipinski definition) is 0. The molecule has 2 aliphatic heterocycles. The van der Waals surface area contributed by atoms with Gasteiger partial charge in [-0.1, -0.05) is 34.8 Å². The highest BCUT2D eigenvalue weighted by Crippen LogP contribution is 2.39. The smallest absolute Gasteiger partial charge is 0.186 e. The van der Waals surface area contributed by atoms with E-state index in [0.29, 0.717) is 13.2 Å². The lowest BCUT2D eigenvalue weighted by Crippen LogP contribution is -2.46. The SMILES string of the molecule is c1ccc2sc(N3CCN(c4nc5cc6c(cc5s4)OCCO6)CC3)nc2c1. The predicted octanol–water partition coefficient (Wildman–Crippen LogP) is 4.00. The number of piperazine rings is 1. The summed E-state index contributed by atoms with van der Waals surface area (Å²) in [4.78, 5) is 14.4. The molecule has 28 heavy (non-hydrogen) atoms. The zero-order valence-electron chi connectivity index (χ0n) is 15.1. The molecule has 0 radical (unpaired) electrons. The minimum absolute atomic E-state index is 0.600. The van der Waals surface area contributed by atoms with Crippen LogP contribution in [-0.2, 0) is 0 Å². The average molecular weight is 411 g/mol. The van der Waals surface area contributed by atoms with Gasteiger partial charge in [0.05, 0.1) is 20.4 Å². The van der Waals surface area contributed by atoms with Gasteiger partial charge in [-0.05, 0) is 12.1 Å². The maximum absolute atomic E-state index is 5.70. The second kappa shape index (κ2) is 6.49. The topological polar surface area (TPSA) is 50.7 Å². The van der Waals surface area contributed by atoms with Crippen molar-refractivity contribution in [3.8, 4) is 11.5 Å². The van der Waals surface area contributed by atoms with E-state index in [1.807, 2.05) is 12.1 Å². The summed E-state index contributed by atoms with van der Waals surface area (Å²) < 4.78 is 13.8. The number of thiazole rings is 2. The molecule has 142 valence electrons. The zero-order valence-corrected chi connectivity index (χ0v) is 16.8. The van der Waals surface area contributed by atoms with E-state index in [1.165, 1.54) is 4.70 Å². The van der Waals surface area contributed by atoms with Gasteiger partial charge in [0.15, 0.2) is 21.8 Å². The fourth-order valence-corrected chi connectivity index (χ4v) is 5.72. The van der Waals surface area contributed by atoms with E-state index in [4.69, 9.17) is 19.4 Å². The number of aromatic nitrogens is 2. The molecule has 6 rings (SSSR count). The molecule has 2 aromatic carbocycles. The fourth-order valence-electron chi connectivity index (χ4n) is 3.67. The summed E-state index contributed by atoms with van der Waals surface area (Å²) in [6, 6.07) is 12.4. The van der Waals surface area contributed by atoms with Crippen molar-refractivity contribution in [3.63, 3.8) is 0 Å². The number of para-hydroxylation sites is 1. The van der Waals surface area contributed by atoms with E-state index < -0.39 is 0 Å². The van der Waals surface area contributed by atoms with Gasteiger partial charge in [0.25, 0.3) is 0 Å². The molecule has 0 amide bonds. The molecule has 1 fully saturated rings. The molecule has 2 aromatic heterocycles. The molecule has 0 unspecified atom stereocenters. The Labute approximate surface area is 169 Å². The number of hydrogen-bond acceptors (Lipinski definition) is 8. The highest BCUT2D eigenvalue weighted by atomic mass is 32.1. The number of benzene rings is 2. The van der Waals surface area contributed by atoms with Crippen LogP contribution in [0, 0.1) is 0 Å². The minimum Gasteiger partial charge on any atom is -0.486 e. The van der Waals surface area contributed by atoms with Crippen LogP contribution in [0.4, 0.5) is 10.3 Å². The third-order valence-corrected chi connectivity index (χ3v) is 7.32. The lowest BCUT2D eigenvalue weighted by Gasteiger charge is -2.34. The Hall–Kier alpha value is -2.58. The Morgan fingerprint density at radius 3 is 2.04 bits per heavy atom. The van der Waals surface area contributed by atoms with Crippen LogP contribution < -0.4 is 19.3 Å². The highest BCUT2D eigenvalue weighted by Gasteiger charge is 2.23. The quantitative estimate of drug-likeness (QED) is 0.498. The van der Waals surface area contributed by atoms with Gasteiger partial charge >= 0.3 is 0 Å². The Morgan fingerprint density at radius 2 is 1.32 bits per heavy atom. The van der Waals surface area contributed by atoms with Crippen LogP contribution in [0.25, 0.3) is 20.4 Å². The first-order chi connectivity index (χ1) is 13.8. The van der Waals surface area contributed by atoms with Crippen LogP contribution in [0.5, 0.6) is 11.5 Å². The van der Waals surface area contributed by atoms with Gasteiger partial charge in [0.2, 0.25) is 0 Å². The van der Waals surface area contributed by atoms with Gasteiger partial charge in [-0.3, -0.25) is 0 Å². The summed E-state index contributed by atoms with van der Waals surface area (Å²) in [7, 11) is 0. The highest BCUT2D eigenvalue weighted by molar-refractivity contribution is 7.22. The molecular formula is C20H18N4O2S2. The molecule has 2 aliphatic rings. The van der Waals surface area contributed by atoms with Crippen LogP contribution in [0.3, 0.4) is 0 Å². The van der Waals surface area contributed by atoms with Crippen LogP contribution >= 0.6 is 22.7 Å². The Bertz CT molecular complexity index is 1090. The van der Waals surface area contributed by atoms with Crippen molar-refractivity contribution in [3.05, 3.63) is 36.4 Å². The first kappa shape index (κ1) is 16.4. The van der Waals surface area contributed by atoms with Gasteiger partial charge in [-0.25, -0.2) is 9.97 Å². The Balaban J connectivity index is 1.22. The minimum atomic E-state index is 0.600. The van der Waals surface area contributed by atoms with E-state index in [1.54, 1.807) is 22.7 Å². The van der Waals surface area contributed by atoms with Gasteiger partial charge < -0.3 is 19.3 Å². The molecule has 0 spiro atoms. The van der Waals surface area contributed by atoms with Gasteiger partial charge in [0, 0.05) is 38.3 Å².